The lowest BCUT2D eigenvalue weighted by Gasteiger charge is -2.40. The van der Waals surface area contributed by atoms with Crippen molar-refractivity contribution >= 4 is 0 Å². The molecule has 0 aliphatic carbocycles. The number of hydrogen-bond acceptors (Lipinski definition) is 3. The van der Waals surface area contributed by atoms with E-state index < -0.39 is 0 Å². The zero-order chi connectivity index (χ0) is 11.3. The van der Waals surface area contributed by atoms with Gasteiger partial charge in [-0.15, -0.1) is 0 Å². The number of nitrogens with one attached hydrogen (secondary N) is 1. The monoisotopic (exact) mass is 213 g/mol. The van der Waals surface area contributed by atoms with Gasteiger partial charge < -0.3 is 10.2 Å². The number of nitrogens with zero attached hydrogens (tertiary/aromatic N) is 2. The van der Waals surface area contributed by atoms with Gasteiger partial charge in [-0.3, -0.25) is 4.90 Å². The Hall–Kier alpha value is -0.120. The van der Waals surface area contributed by atoms with Crippen molar-refractivity contribution in [3.63, 3.8) is 0 Å². The molecule has 1 heterocycles. The molecule has 1 rings (SSSR count). The summed E-state index contributed by atoms with van der Waals surface area (Å²) in [6.45, 7) is 14.2. The normalized spacial score (nSPS) is 26.8. The fraction of sp³-hybridized carbons (Fsp3) is 1.00. The lowest BCUT2D eigenvalue weighted by atomic mass is 10.1. The van der Waals surface area contributed by atoms with Gasteiger partial charge in [-0.1, -0.05) is 13.8 Å². The molecule has 15 heavy (non-hydrogen) atoms. The Labute approximate surface area is 94.8 Å². The van der Waals surface area contributed by atoms with Crippen LogP contribution >= 0.6 is 0 Å². The molecule has 0 aromatic carbocycles. The molecule has 90 valence electrons. The van der Waals surface area contributed by atoms with Crippen LogP contribution in [0.3, 0.4) is 0 Å². The van der Waals surface area contributed by atoms with Crippen molar-refractivity contribution in [2.45, 2.75) is 26.8 Å². The molecule has 0 aromatic heterocycles. The molecule has 0 bridgehead atoms. The van der Waals surface area contributed by atoms with E-state index in [0.717, 1.165) is 18.5 Å². The van der Waals surface area contributed by atoms with E-state index in [4.69, 9.17) is 0 Å². The SMILES string of the molecule is CCN1CCN(CC(C)CNC)C(C)C1. The van der Waals surface area contributed by atoms with E-state index in [1.54, 1.807) is 0 Å². The molecule has 1 saturated heterocycles. The maximum absolute atomic E-state index is 3.25. The average molecular weight is 213 g/mol. The van der Waals surface area contributed by atoms with E-state index in [9.17, 15) is 0 Å². The molecule has 2 atom stereocenters. The van der Waals surface area contributed by atoms with Gasteiger partial charge in [0, 0.05) is 32.2 Å². The van der Waals surface area contributed by atoms with Gasteiger partial charge in [0.25, 0.3) is 0 Å². The van der Waals surface area contributed by atoms with E-state index >= 15 is 0 Å². The molecule has 0 aromatic rings. The van der Waals surface area contributed by atoms with Crippen LogP contribution in [0.15, 0.2) is 0 Å². The van der Waals surface area contributed by atoms with E-state index in [1.165, 1.54) is 32.7 Å². The Bertz CT molecular complexity index is 172. The van der Waals surface area contributed by atoms with Crippen molar-refractivity contribution in [3.05, 3.63) is 0 Å². The number of likely N-dealkylation sites (N-methyl/N-ethyl adjacent to an activating group) is 1. The van der Waals surface area contributed by atoms with Gasteiger partial charge >= 0.3 is 0 Å². The highest BCUT2D eigenvalue weighted by Gasteiger charge is 2.23. The predicted octanol–water partition coefficient (Wildman–Crippen LogP) is 0.868. The summed E-state index contributed by atoms with van der Waals surface area (Å²) in [6.07, 6.45) is 0. The van der Waals surface area contributed by atoms with E-state index in [-0.39, 0.29) is 0 Å². The van der Waals surface area contributed by atoms with Crippen molar-refractivity contribution in [3.8, 4) is 0 Å². The average Bonchev–Trinajstić information content (AvgIpc) is 2.21. The summed E-state index contributed by atoms with van der Waals surface area (Å²) in [5, 5.41) is 3.25. The second-order valence-electron chi connectivity index (χ2n) is 4.90. The third-order valence-corrected chi connectivity index (χ3v) is 3.40. The number of piperazine rings is 1. The third kappa shape index (κ3) is 4.09. The fourth-order valence-electron chi connectivity index (χ4n) is 2.44. The molecule has 3 nitrogen and oxygen atoms in total. The summed E-state index contributed by atoms with van der Waals surface area (Å²) in [6, 6.07) is 0.720. The fourth-order valence-corrected chi connectivity index (χ4v) is 2.44. The van der Waals surface area contributed by atoms with Crippen molar-refractivity contribution in [1.82, 2.24) is 15.1 Å². The highest BCUT2D eigenvalue weighted by atomic mass is 15.3. The first-order chi connectivity index (χ1) is 7.17. The topological polar surface area (TPSA) is 18.5 Å². The molecule has 0 radical (unpaired) electrons. The highest BCUT2D eigenvalue weighted by molar-refractivity contribution is 4.79. The van der Waals surface area contributed by atoms with E-state index in [0.29, 0.717) is 0 Å². The third-order valence-electron chi connectivity index (χ3n) is 3.40. The first-order valence-electron chi connectivity index (χ1n) is 6.28. The van der Waals surface area contributed by atoms with Crippen LogP contribution in [0, 0.1) is 5.92 Å². The summed E-state index contributed by atoms with van der Waals surface area (Å²) in [7, 11) is 2.04. The van der Waals surface area contributed by atoms with Crippen molar-refractivity contribution in [2.24, 2.45) is 5.92 Å². The van der Waals surface area contributed by atoms with Gasteiger partial charge in [-0.25, -0.2) is 0 Å². The van der Waals surface area contributed by atoms with Gasteiger partial charge in [-0.2, -0.15) is 0 Å². The van der Waals surface area contributed by atoms with Crippen LogP contribution in [-0.2, 0) is 0 Å². The second kappa shape index (κ2) is 6.46. The summed E-state index contributed by atoms with van der Waals surface area (Å²) >= 11 is 0. The molecule has 2 unspecified atom stereocenters. The summed E-state index contributed by atoms with van der Waals surface area (Å²) in [5.41, 5.74) is 0. The van der Waals surface area contributed by atoms with Crippen LogP contribution in [0.2, 0.25) is 0 Å². The zero-order valence-corrected chi connectivity index (χ0v) is 10.8. The van der Waals surface area contributed by atoms with Gasteiger partial charge in [0.15, 0.2) is 0 Å². The lowest BCUT2D eigenvalue weighted by molar-refractivity contribution is 0.0758. The summed E-state index contributed by atoms with van der Waals surface area (Å²) < 4.78 is 0. The molecular formula is C12H27N3. The van der Waals surface area contributed by atoms with Gasteiger partial charge in [0.2, 0.25) is 0 Å². The van der Waals surface area contributed by atoms with Crippen molar-refractivity contribution in [2.75, 3.05) is 46.3 Å². The molecule has 1 fully saturated rings. The van der Waals surface area contributed by atoms with Crippen LogP contribution in [0.1, 0.15) is 20.8 Å². The molecule has 0 saturated carbocycles. The smallest absolute Gasteiger partial charge is 0.0195 e. The zero-order valence-electron chi connectivity index (χ0n) is 10.8. The van der Waals surface area contributed by atoms with Crippen molar-refractivity contribution < 1.29 is 0 Å². The van der Waals surface area contributed by atoms with E-state index in [1.807, 2.05) is 7.05 Å². The van der Waals surface area contributed by atoms with Crippen LogP contribution in [0.5, 0.6) is 0 Å². The Morgan fingerprint density at radius 3 is 2.67 bits per heavy atom. The van der Waals surface area contributed by atoms with Gasteiger partial charge in [-0.05, 0) is 33.0 Å². The first kappa shape index (κ1) is 12.9. The minimum absolute atomic E-state index is 0.720. The number of hydrogen-bond donors (Lipinski definition) is 1. The maximum Gasteiger partial charge on any atom is 0.0195 e. The minimum atomic E-state index is 0.720. The molecular weight excluding hydrogens is 186 g/mol. The second-order valence-corrected chi connectivity index (χ2v) is 4.90. The Morgan fingerprint density at radius 1 is 1.40 bits per heavy atom. The largest absolute Gasteiger partial charge is 0.319 e. The summed E-state index contributed by atoms with van der Waals surface area (Å²) in [5.74, 6) is 0.755. The molecule has 0 spiro atoms. The molecule has 0 amide bonds. The predicted molar refractivity (Wildman–Crippen MR) is 66.2 cm³/mol. The van der Waals surface area contributed by atoms with Crippen LogP contribution in [-0.4, -0.2) is 62.2 Å². The summed E-state index contributed by atoms with van der Waals surface area (Å²) in [4.78, 5) is 5.18. The lowest BCUT2D eigenvalue weighted by Crippen LogP contribution is -2.53. The Balaban J connectivity index is 2.31. The van der Waals surface area contributed by atoms with Gasteiger partial charge in [0.1, 0.15) is 0 Å². The molecule has 1 aliphatic rings. The minimum Gasteiger partial charge on any atom is -0.319 e. The molecule has 1 N–H and O–H groups in total. The molecule has 3 heteroatoms. The first-order valence-corrected chi connectivity index (χ1v) is 6.28. The van der Waals surface area contributed by atoms with Crippen LogP contribution in [0.25, 0.3) is 0 Å². The molecule has 1 aliphatic heterocycles. The quantitative estimate of drug-likeness (QED) is 0.731. The maximum atomic E-state index is 3.25. The van der Waals surface area contributed by atoms with Gasteiger partial charge in [0.05, 0.1) is 0 Å². The Morgan fingerprint density at radius 2 is 2.13 bits per heavy atom. The van der Waals surface area contributed by atoms with Crippen LogP contribution < -0.4 is 5.32 Å². The standard InChI is InChI=1S/C12H27N3/c1-5-14-6-7-15(12(3)10-14)9-11(2)8-13-4/h11-13H,5-10H2,1-4H3. The Kier molecular flexibility index (Phi) is 5.58. The van der Waals surface area contributed by atoms with Crippen LogP contribution in [0.4, 0.5) is 0 Å². The van der Waals surface area contributed by atoms with E-state index in [2.05, 4.69) is 35.9 Å². The van der Waals surface area contributed by atoms with Crippen molar-refractivity contribution in [1.29, 1.82) is 0 Å². The number of rotatable bonds is 5. The highest BCUT2D eigenvalue weighted by Crippen LogP contribution is 2.11.